The van der Waals surface area contributed by atoms with Crippen molar-refractivity contribution in [3.63, 3.8) is 0 Å². The van der Waals surface area contributed by atoms with Gasteiger partial charge in [-0.1, -0.05) is 0 Å². The summed E-state index contributed by atoms with van der Waals surface area (Å²) in [4.78, 5) is 38.2. The Balaban J connectivity index is 2.61. The quantitative estimate of drug-likeness (QED) is 0.251. The maximum absolute atomic E-state index is 11.9. The maximum Gasteiger partial charge on any atom is 0.322 e. The van der Waals surface area contributed by atoms with E-state index in [1.165, 1.54) is 36.9 Å². The van der Waals surface area contributed by atoms with Crippen LogP contribution in [0.25, 0.3) is 6.08 Å². The Morgan fingerprint density at radius 3 is 2.72 bits per heavy atom. The Labute approximate surface area is 151 Å². The van der Waals surface area contributed by atoms with E-state index in [0.717, 1.165) is 11.8 Å². The normalized spacial score (nSPS) is 15.2. The lowest BCUT2D eigenvalue weighted by molar-refractivity contribution is -0.386. The van der Waals surface area contributed by atoms with Crippen molar-refractivity contribution >= 4 is 50.7 Å². The van der Waals surface area contributed by atoms with Crippen molar-refractivity contribution in [2.24, 2.45) is 4.99 Å². The molecule has 0 atom stereocenters. The third kappa shape index (κ3) is 4.40. The third-order valence-corrected chi connectivity index (χ3v) is 4.77. The van der Waals surface area contributed by atoms with Crippen LogP contribution in [0.15, 0.2) is 22.8 Å². The van der Waals surface area contributed by atoms with Gasteiger partial charge in [0.15, 0.2) is 5.75 Å². The summed E-state index contributed by atoms with van der Waals surface area (Å²) in [5, 5.41) is 11.3. The number of nitro groups is 1. The number of hydrogen-bond acceptors (Lipinski definition) is 9. The summed E-state index contributed by atoms with van der Waals surface area (Å²) >= 11 is 2.29. The highest BCUT2D eigenvalue weighted by atomic mass is 32.2. The zero-order chi connectivity index (χ0) is 18.6. The first-order chi connectivity index (χ1) is 11.9. The molecule has 0 bridgehead atoms. The van der Waals surface area contributed by atoms with Crippen molar-refractivity contribution in [3.05, 3.63) is 33.5 Å². The van der Waals surface area contributed by atoms with Crippen molar-refractivity contribution in [1.29, 1.82) is 0 Å². The van der Waals surface area contributed by atoms with Crippen LogP contribution in [-0.2, 0) is 9.59 Å². The van der Waals surface area contributed by atoms with Crippen molar-refractivity contribution in [2.75, 3.05) is 12.9 Å². The molecule has 10 heteroatoms. The minimum Gasteiger partial charge on any atom is -0.485 e. The topological polar surface area (TPSA) is 108 Å². The molecule has 25 heavy (non-hydrogen) atoms. The molecule has 0 N–H and O–H groups in total. The van der Waals surface area contributed by atoms with Crippen LogP contribution in [-0.4, -0.2) is 33.2 Å². The number of carbonyl (C=O) groups excluding carboxylic acids is 2. The number of aliphatic imine (C=N–C) groups is 1. The summed E-state index contributed by atoms with van der Waals surface area (Å²) < 4.78 is 10.9. The first-order valence-electron chi connectivity index (χ1n) is 7.06. The van der Waals surface area contributed by atoms with Crippen LogP contribution in [0.1, 0.15) is 19.4 Å². The van der Waals surface area contributed by atoms with Gasteiger partial charge >= 0.3 is 11.7 Å². The van der Waals surface area contributed by atoms with E-state index >= 15 is 0 Å². The highest BCUT2D eigenvalue weighted by molar-refractivity contribution is 8.45. The van der Waals surface area contributed by atoms with E-state index in [4.69, 9.17) is 9.47 Å². The van der Waals surface area contributed by atoms with Crippen LogP contribution in [0.4, 0.5) is 5.69 Å². The van der Waals surface area contributed by atoms with Gasteiger partial charge in [-0.05, 0) is 43.2 Å². The molecule has 8 nitrogen and oxygen atoms in total. The van der Waals surface area contributed by atoms with Crippen LogP contribution >= 0.6 is 23.5 Å². The Bertz CT molecular complexity index is 803. The number of ether oxygens (including phenoxy) is 2. The minimum atomic E-state index is -0.643. The number of carbonyl (C=O) groups is 2. The van der Waals surface area contributed by atoms with Crippen molar-refractivity contribution in [2.45, 2.75) is 13.8 Å². The summed E-state index contributed by atoms with van der Waals surface area (Å²) in [5.74, 6) is -0.842. The van der Waals surface area contributed by atoms with Gasteiger partial charge in [-0.15, -0.1) is 11.8 Å². The Kier molecular flexibility index (Phi) is 6.21. The summed E-state index contributed by atoms with van der Waals surface area (Å²) in [5.41, 5.74) is -0.141. The van der Waals surface area contributed by atoms with Crippen LogP contribution in [0.2, 0.25) is 0 Å². The molecule has 0 saturated carbocycles. The van der Waals surface area contributed by atoms with Crippen molar-refractivity contribution in [3.8, 4) is 11.5 Å². The first kappa shape index (κ1) is 19.0. The molecule has 0 radical (unpaired) electrons. The predicted molar refractivity (Wildman–Crippen MR) is 97.1 cm³/mol. The fourth-order valence-corrected chi connectivity index (χ4v) is 3.28. The number of hydrogen-bond donors (Lipinski definition) is 0. The Morgan fingerprint density at radius 2 is 2.20 bits per heavy atom. The lowest BCUT2D eigenvalue weighted by Gasteiger charge is -2.11. The Morgan fingerprint density at radius 1 is 1.48 bits per heavy atom. The fourth-order valence-electron chi connectivity index (χ4n) is 2.02. The highest BCUT2D eigenvalue weighted by Gasteiger charge is 2.28. The zero-order valence-electron chi connectivity index (χ0n) is 13.6. The van der Waals surface area contributed by atoms with Gasteiger partial charge in [-0.2, -0.15) is 0 Å². The minimum absolute atomic E-state index is 0.0522. The summed E-state index contributed by atoms with van der Waals surface area (Å²) in [6.45, 7) is 2.97. The molecule has 0 saturated heterocycles. The van der Waals surface area contributed by atoms with Crippen LogP contribution in [0, 0.1) is 10.1 Å². The molecule has 0 unspecified atom stereocenters. The van der Waals surface area contributed by atoms with Crippen molar-refractivity contribution < 1.29 is 24.0 Å². The van der Waals surface area contributed by atoms with Gasteiger partial charge in [0.05, 0.1) is 17.1 Å². The summed E-state index contributed by atoms with van der Waals surface area (Å²) in [6, 6.07) is 2.77. The van der Waals surface area contributed by atoms with Crippen LogP contribution in [0.5, 0.6) is 11.5 Å². The molecule has 0 amide bonds. The number of thioether (sulfide) groups is 2. The van der Waals surface area contributed by atoms with Gasteiger partial charge in [-0.3, -0.25) is 19.7 Å². The molecule has 0 aliphatic carbocycles. The second-order valence-electron chi connectivity index (χ2n) is 4.62. The molecule has 1 aromatic carbocycles. The molecule has 1 aliphatic heterocycles. The van der Waals surface area contributed by atoms with E-state index in [2.05, 4.69) is 4.99 Å². The number of benzene rings is 1. The van der Waals surface area contributed by atoms with E-state index in [-0.39, 0.29) is 34.5 Å². The largest absolute Gasteiger partial charge is 0.485 e. The SMILES string of the molecule is CCOc1c(OC(C)=O)ccc(/C=C2/N=C(SC)SC2=O)c1[N+](=O)[O-]. The average molecular weight is 382 g/mol. The highest BCUT2D eigenvalue weighted by Crippen LogP contribution is 2.41. The van der Waals surface area contributed by atoms with E-state index in [1.807, 2.05) is 0 Å². The standard InChI is InChI=1S/C15H14N2O6S2/c1-4-22-13-11(23-8(2)18)6-5-9(12(13)17(20)21)7-10-14(19)25-15(16-10)24-3/h5-7H,4H2,1-3H3/b10-7+. The molecule has 1 aromatic rings. The molecule has 1 aliphatic rings. The second kappa shape index (κ2) is 8.17. The monoisotopic (exact) mass is 382 g/mol. The molecule has 0 aromatic heterocycles. The third-order valence-electron chi connectivity index (χ3n) is 2.92. The predicted octanol–water partition coefficient (Wildman–Crippen LogP) is 3.25. The van der Waals surface area contributed by atoms with E-state index in [1.54, 1.807) is 13.2 Å². The summed E-state index contributed by atoms with van der Waals surface area (Å²) in [6.07, 6.45) is 3.11. The molecular weight excluding hydrogens is 368 g/mol. The van der Waals surface area contributed by atoms with Gasteiger partial charge < -0.3 is 9.47 Å². The van der Waals surface area contributed by atoms with Crippen LogP contribution < -0.4 is 9.47 Å². The molecule has 132 valence electrons. The summed E-state index contributed by atoms with van der Waals surface area (Å²) in [7, 11) is 0. The van der Waals surface area contributed by atoms with E-state index < -0.39 is 16.6 Å². The van der Waals surface area contributed by atoms with Gasteiger partial charge in [0, 0.05) is 6.92 Å². The first-order valence-corrected chi connectivity index (χ1v) is 9.10. The van der Waals surface area contributed by atoms with Gasteiger partial charge in [0.25, 0.3) is 0 Å². The Hall–Kier alpha value is -2.33. The molecule has 2 rings (SSSR count). The van der Waals surface area contributed by atoms with Gasteiger partial charge in [0.2, 0.25) is 10.9 Å². The molecule has 1 heterocycles. The number of nitro benzene ring substituents is 1. The number of rotatable bonds is 5. The van der Waals surface area contributed by atoms with Gasteiger partial charge in [0.1, 0.15) is 10.1 Å². The molecule has 0 spiro atoms. The molecular formula is C15H14N2O6S2. The van der Waals surface area contributed by atoms with E-state index in [0.29, 0.717) is 4.38 Å². The number of esters is 1. The average Bonchev–Trinajstić information content (AvgIpc) is 2.89. The zero-order valence-corrected chi connectivity index (χ0v) is 15.2. The van der Waals surface area contributed by atoms with Crippen LogP contribution in [0.3, 0.4) is 0 Å². The number of nitrogens with zero attached hydrogens (tertiary/aromatic N) is 2. The lowest BCUT2D eigenvalue weighted by atomic mass is 10.1. The maximum atomic E-state index is 11.9. The second-order valence-corrected chi connectivity index (χ2v) is 6.63. The van der Waals surface area contributed by atoms with Gasteiger partial charge in [-0.25, -0.2) is 4.99 Å². The molecule has 0 fully saturated rings. The van der Waals surface area contributed by atoms with E-state index in [9.17, 15) is 19.7 Å². The smallest absolute Gasteiger partial charge is 0.322 e. The lowest BCUT2D eigenvalue weighted by Crippen LogP contribution is -2.07. The fraction of sp³-hybridized carbons (Fsp3) is 0.267. The van der Waals surface area contributed by atoms with Crippen molar-refractivity contribution in [1.82, 2.24) is 0 Å².